The third-order valence-corrected chi connectivity index (χ3v) is 6.43. The fraction of sp³-hybridized carbons (Fsp3) is 0.143. The third kappa shape index (κ3) is 3.51. The van der Waals surface area contributed by atoms with E-state index in [0.717, 1.165) is 21.7 Å². The number of aryl methyl sites for hydroxylation is 2. The first-order chi connectivity index (χ1) is 13.0. The summed E-state index contributed by atoms with van der Waals surface area (Å²) in [6, 6.07) is 19.0. The molecule has 27 heavy (non-hydrogen) atoms. The van der Waals surface area contributed by atoms with Gasteiger partial charge in [0.2, 0.25) is 4.80 Å². The molecule has 0 spiro atoms. The van der Waals surface area contributed by atoms with E-state index >= 15 is 0 Å². The van der Waals surface area contributed by atoms with Crippen molar-refractivity contribution in [3.8, 4) is 5.69 Å². The highest BCUT2D eigenvalue weighted by atomic mass is 127. The average Bonchev–Trinajstić information content (AvgIpc) is 3.13. The van der Waals surface area contributed by atoms with Crippen LogP contribution in [0.1, 0.15) is 17.0 Å². The standard InChI is InChI=1S/C21H19IN4S/c1-14-12-16(15(2)26(14)18-10-8-17(22)9-11-18)13-23-24-21-25(3)19-6-4-5-7-20(19)27-21/h4-13H,1-3H3/b23-13-,24-21+. The highest BCUT2D eigenvalue weighted by Crippen LogP contribution is 2.21. The van der Waals surface area contributed by atoms with Gasteiger partial charge in [-0.05, 0) is 78.9 Å². The van der Waals surface area contributed by atoms with Crippen LogP contribution < -0.4 is 4.80 Å². The molecule has 0 saturated heterocycles. The molecular weight excluding hydrogens is 467 g/mol. The van der Waals surface area contributed by atoms with Crippen LogP contribution in [0.4, 0.5) is 0 Å². The van der Waals surface area contributed by atoms with E-state index in [1.807, 2.05) is 25.4 Å². The van der Waals surface area contributed by atoms with Gasteiger partial charge < -0.3 is 9.13 Å². The van der Waals surface area contributed by atoms with Crippen molar-refractivity contribution < 1.29 is 0 Å². The van der Waals surface area contributed by atoms with Crippen molar-refractivity contribution in [2.75, 3.05) is 0 Å². The predicted molar refractivity (Wildman–Crippen MR) is 122 cm³/mol. The van der Waals surface area contributed by atoms with Crippen LogP contribution >= 0.6 is 33.9 Å². The number of para-hydroxylation sites is 1. The summed E-state index contributed by atoms with van der Waals surface area (Å²) in [6.07, 6.45) is 1.84. The zero-order chi connectivity index (χ0) is 19.0. The Bertz CT molecular complexity index is 1210. The van der Waals surface area contributed by atoms with Gasteiger partial charge in [-0.15, -0.1) is 5.10 Å². The maximum atomic E-state index is 4.44. The number of rotatable bonds is 3. The fourth-order valence-electron chi connectivity index (χ4n) is 3.22. The average molecular weight is 486 g/mol. The summed E-state index contributed by atoms with van der Waals surface area (Å²) in [5.41, 5.74) is 5.76. The Kier molecular flexibility index (Phi) is 5.01. The van der Waals surface area contributed by atoms with Crippen LogP contribution in [-0.4, -0.2) is 15.3 Å². The number of nitrogens with zero attached hydrogens (tertiary/aromatic N) is 4. The highest BCUT2D eigenvalue weighted by Gasteiger charge is 2.09. The van der Waals surface area contributed by atoms with Gasteiger partial charge >= 0.3 is 0 Å². The fourth-order valence-corrected chi connectivity index (χ4v) is 4.56. The Morgan fingerprint density at radius 2 is 1.78 bits per heavy atom. The van der Waals surface area contributed by atoms with Gasteiger partial charge in [0.05, 0.1) is 16.4 Å². The van der Waals surface area contributed by atoms with E-state index in [-0.39, 0.29) is 0 Å². The minimum atomic E-state index is 0.888. The van der Waals surface area contributed by atoms with Crippen LogP contribution in [0.5, 0.6) is 0 Å². The molecule has 4 rings (SSSR count). The molecule has 6 heteroatoms. The smallest absolute Gasteiger partial charge is 0.211 e. The molecule has 0 N–H and O–H groups in total. The molecule has 4 aromatic rings. The second-order valence-electron chi connectivity index (χ2n) is 6.39. The quantitative estimate of drug-likeness (QED) is 0.217. The van der Waals surface area contributed by atoms with Gasteiger partial charge in [-0.1, -0.05) is 23.5 Å². The molecule has 136 valence electrons. The topological polar surface area (TPSA) is 34.6 Å². The van der Waals surface area contributed by atoms with Crippen LogP contribution in [0, 0.1) is 17.4 Å². The summed E-state index contributed by atoms with van der Waals surface area (Å²) >= 11 is 3.97. The molecule has 0 aliphatic carbocycles. The molecule has 0 atom stereocenters. The lowest BCUT2D eigenvalue weighted by molar-refractivity contribution is 0.889. The molecule has 2 heterocycles. The van der Waals surface area contributed by atoms with E-state index in [1.54, 1.807) is 11.3 Å². The third-order valence-electron chi connectivity index (χ3n) is 4.61. The zero-order valence-corrected chi connectivity index (χ0v) is 18.3. The minimum absolute atomic E-state index is 0.888. The molecule has 0 aliphatic rings. The maximum absolute atomic E-state index is 4.44. The van der Waals surface area contributed by atoms with Gasteiger partial charge in [0.25, 0.3) is 0 Å². The minimum Gasteiger partial charge on any atom is -0.318 e. The molecule has 4 nitrogen and oxygen atoms in total. The lowest BCUT2D eigenvalue weighted by Gasteiger charge is -2.09. The molecule has 0 amide bonds. The van der Waals surface area contributed by atoms with Crippen molar-refractivity contribution in [3.05, 3.63) is 79.9 Å². The van der Waals surface area contributed by atoms with Crippen molar-refractivity contribution >= 4 is 50.4 Å². The molecule has 0 bridgehead atoms. The first-order valence-electron chi connectivity index (χ1n) is 8.61. The van der Waals surface area contributed by atoms with E-state index < -0.39 is 0 Å². The maximum Gasteiger partial charge on any atom is 0.211 e. The molecule has 2 aromatic carbocycles. The summed E-state index contributed by atoms with van der Waals surface area (Å²) in [5, 5.41) is 8.81. The van der Waals surface area contributed by atoms with Gasteiger partial charge in [0.15, 0.2) is 0 Å². The lowest BCUT2D eigenvalue weighted by Crippen LogP contribution is -2.08. The molecule has 0 fully saturated rings. The van der Waals surface area contributed by atoms with Crippen molar-refractivity contribution in [2.24, 2.45) is 17.3 Å². The number of hydrogen-bond acceptors (Lipinski definition) is 3. The number of thiazole rings is 1. The number of hydrogen-bond donors (Lipinski definition) is 0. The molecule has 0 aliphatic heterocycles. The summed E-state index contributed by atoms with van der Waals surface area (Å²) in [5.74, 6) is 0. The van der Waals surface area contributed by atoms with E-state index in [2.05, 4.69) is 98.2 Å². The summed E-state index contributed by atoms with van der Waals surface area (Å²) < 4.78 is 6.77. The molecule has 0 radical (unpaired) electrons. The van der Waals surface area contributed by atoms with Crippen molar-refractivity contribution in [1.82, 2.24) is 9.13 Å². The largest absolute Gasteiger partial charge is 0.318 e. The molecule has 2 aromatic heterocycles. The van der Waals surface area contributed by atoms with Gasteiger partial charge in [-0.25, -0.2) is 0 Å². The van der Waals surface area contributed by atoms with E-state index in [9.17, 15) is 0 Å². The number of halogens is 1. The number of fused-ring (bicyclic) bond motifs is 1. The highest BCUT2D eigenvalue weighted by molar-refractivity contribution is 14.1. The van der Waals surface area contributed by atoms with Gasteiger partial charge in [-0.2, -0.15) is 5.10 Å². The normalized spacial score (nSPS) is 12.5. The van der Waals surface area contributed by atoms with Gasteiger partial charge in [0, 0.05) is 33.3 Å². The van der Waals surface area contributed by atoms with Crippen LogP contribution in [0.2, 0.25) is 0 Å². The first kappa shape index (κ1) is 18.2. The molecule has 0 saturated carbocycles. The summed E-state index contributed by atoms with van der Waals surface area (Å²) in [4.78, 5) is 0.888. The van der Waals surface area contributed by atoms with Crippen molar-refractivity contribution in [3.63, 3.8) is 0 Å². The predicted octanol–water partition coefficient (Wildman–Crippen LogP) is 5.19. The lowest BCUT2D eigenvalue weighted by atomic mass is 10.2. The number of aromatic nitrogens is 2. The Balaban J connectivity index is 1.69. The molecular formula is C21H19IN4S. The molecule has 0 unspecified atom stereocenters. The Hall–Kier alpha value is -2.19. The van der Waals surface area contributed by atoms with Gasteiger partial charge in [0.1, 0.15) is 0 Å². The van der Waals surface area contributed by atoms with Crippen LogP contribution in [0.3, 0.4) is 0 Å². The Labute approximate surface area is 175 Å². The van der Waals surface area contributed by atoms with E-state index in [4.69, 9.17) is 0 Å². The van der Waals surface area contributed by atoms with Crippen LogP contribution in [0.15, 0.2) is 64.8 Å². The zero-order valence-electron chi connectivity index (χ0n) is 15.3. The van der Waals surface area contributed by atoms with Gasteiger partial charge in [-0.3, -0.25) is 0 Å². The van der Waals surface area contributed by atoms with E-state index in [0.29, 0.717) is 0 Å². The summed E-state index contributed by atoms with van der Waals surface area (Å²) in [6.45, 7) is 4.23. The first-order valence-corrected chi connectivity index (χ1v) is 10.5. The Morgan fingerprint density at radius 1 is 1.04 bits per heavy atom. The SMILES string of the molecule is Cc1cc(/C=N\N=c2\sc3ccccc3n2C)c(C)n1-c1ccc(I)cc1. The second-order valence-corrected chi connectivity index (χ2v) is 8.65. The van der Waals surface area contributed by atoms with Crippen molar-refractivity contribution in [1.29, 1.82) is 0 Å². The number of benzene rings is 2. The second kappa shape index (κ2) is 7.44. The van der Waals surface area contributed by atoms with Crippen LogP contribution in [-0.2, 0) is 7.05 Å². The van der Waals surface area contributed by atoms with Crippen molar-refractivity contribution in [2.45, 2.75) is 13.8 Å². The van der Waals surface area contributed by atoms with Crippen LogP contribution in [0.25, 0.3) is 15.9 Å². The Morgan fingerprint density at radius 3 is 2.52 bits per heavy atom. The monoisotopic (exact) mass is 486 g/mol. The van der Waals surface area contributed by atoms with E-state index in [1.165, 1.54) is 19.5 Å². The summed E-state index contributed by atoms with van der Waals surface area (Å²) in [7, 11) is 2.02.